The Hall–Kier alpha value is -1.66. The molecule has 6 heteroatoms. The number of amides is 1. The molecule has 1 aliphatic rings. The molecule has 23 heavy (non-hydrogen) atoms. The Labute approximate surface area is 146 Å². The summed E-state index contributed by atoms with van der Waals surface area (Å²) in [6.07, 6.45) is 1.90. The van der Waals surface area contributed by atoms with E-state index >= 15 is 0 Å². The van der Waals surface area contributed by atoms with Gasteiger partial charge in [-0.1, -0.05) is 12.1 Å². The van der Waals surface area contributed by atoms with Gasteiger partial charge in [0.05, 0.1) is 15.2 Å². The quantitative estimate of drug-likeness (QED) is 0.638. The summed E-state index contributed by atoms with van der Waals surface area (Å²) in [5, 5.41) is 1.19. The van der Waals surface area contributed by atoms with Crippen LogP contribution in [0.25, 0.3) is 10.2 Å². The number of likely N-dealkylation sites (tertiary alicyclic amines) is 1. The number of halogens is 1. The fraction of sp³-hybridized carbons (Fsp3) is 0.294. The number of aromatic nitrogens is 1. The smallest absolute Gasteiger partial charge is 0.289 e. The Kier molecular flexibility index (Phi) is 3.95. The van der Waals surface area contributed by atoms with E-state index in [0.29, 0.717) is 16.3 Å². The van der Waals surface area contributed by atoms with Crippen LogP contribution >= 0.6 is 27.3 Å². The van der Waals surface area contributed by atoms with Crippen LogP contribution in [0.3, 0.4) is 0 Å². The van der Waals surface area contributed by atoms with Gasteiger partial charge in [-0.05, 0) is 53.0 Å². The lowest BCUT2D eigenvalue weighted by Crippen LogP contribution is -2.37. The van der Waals surface area contributed by atoms with Crippen molar-refractivity contribution in [1.82, 2.24) is 9.88 Å². The zero-order valence-electron chi connectivity index (χ0n) is 12.4. The Bertz CT molecular complexity index is 816. The third-order valence-corrected chi connectivity index (χ3v) is 5.85. The Morgan fingerprint density at radius 3 is 2.70 bits per heavy atom. The molecule has 4 rings (SSSR count). The lowest BCUT2D eigenvalue weighted by Gasteiger charge is -2.30. The molecule has 0 unspecified atom stereocenters. The number of carbonyl (C=O) groups is 1. The second-order valence-corrected chi connectivity index (χ2v) is 7.53. The summed E-state index contributed by atoms with van der Waals surface area (Å²) in [5.41, 5.74) is 1.08. The summed E-state index contributed by atoms with van der Waals surface area (Å²) >= 11 is 5.01. The van der Waals surface area contributed by atoms with Gasteiger partial charge in [0.15, 0.2) is 10.4 Å². The van der Waals surface area contributed by atoms with Gasteiger partial charge in [0.1, 0.15) is 0 Å². The minimum Gasteiger partial charge on any atom is -0.444 e. The summed E-state index contributed by atoms with van der Waals surface area (Å²) < 4.78 is 7.19. The first-order chi connectivity index (χ1) is 11.2. The third-order valence-electron chi connectivity index (χ3n) is 4.23. The Balaban J connectivity index is 1.45. The average Bonchev–Trinajstić information content (AvgIpc) is 3.20. The van der Waals surface area contributed by atoms with Crippen molar-refractivity contribution in [2.45, 2.75) is 18.8 Å². The predicted octanol–water partition coefficient (Wildman–Crippen LogP) is 4.67. The van der Waals surface area contributed by atoms with Crippen LogP contribution in [0, 0.1) is 0 Å². The maximum absolute atomic E-state index is 12.4. The molecule has 4 nitrogen and oxygen atoms in total. The monoisotopic (exact) mass is 390 g/mol. The zero-order chi connectivity index (χ0) is 15.8. The van der Waals surface area contributed by atoms with Gasteiger partial charge in [-0.15, -0.1) is 11.3 Å². The average molecular weight is 391 g/mol. The molecule has 0 radical (unpaired) electrons. The summed E-state index contributed by atoms with van der Waals surface area (Å²) in [6, 6.07) is 11.7. The van der Waals surface area contributed by atoms with E-state index in [1.54, 1.807) is 23.5 Å². The van der Waals surface area contributed by atoms with Crippen LogP contribution in [0.5, 0.6) is 0 Å². The maximum Gasteiger partial charge on any atom is 0.289 e. The Morgan fingerprint density at radius 1 is 1.22 bits per heavy atom. The van der Waals surface area contributed by atoms with Crippen molar-refractivity contribution in [2.24, 2.45) is 0 Å². The maximum atomic E-state index is 12.4. The van der Waals surface area contributed by atoms with Gasteiger partial charge in [0.2, 0.25) is 0 Å². The Morgan fingerprint density at radius 2 is 2.00 bits per heavy atom. The molecule has 0 bridgehead atoms. The first kappa shape index (κ1) is 14.9. The number of para-hydroxylation sites is 1. The lowest BCUT2D eigenvalue weighted by atomic mass is 9.97. The van der Waals surface area contributed by atoms with E-state index in [0.717, 1.165) is 31.4 Å². The van der Waals surface area contributed by atoms with Crippen LogP contribution in [0.1, 0.15) is 34.3 Å². The van der Waals surface area contributed by atoms with E-state index in [1.165, 1.54) is 9.71 Å². The highest BCUT2D eigenvalue weighted by Crippen LogP contribution is 2.34. The van der Waals surface area contributed by atoms with E-state index in [2.05, 4.69) is 28.1 Å². The van der Waals surface area contributed by atoms with E-state index in [9.17, 15) is 4.79 Å². The van der Waals surface area contributed by atoms with Crippen LogP contribution in [0.15, 0.2) is 45.5 Å². The molecule has 1 amide bonds. The molecule has 2 aromatic heterocycles. The van der Waals surface area contributed by atoms with Crippen LogP contribution < -0.4 is 0 Å². The van der Waals surface area contributed by atoms with Crippen LogP contribution in [-0.2, 0) is 0 Å². The first-order valence-corrected chi connectivity index (χ1v) is 9.22. The largest absolute Gasteiger partial charge is 0.444 e. The van der Waals surface area contributed by atoms with Crippen LogP contribution in [0.4, 0.5) is 0 Å². The van der Waals surface area contributed by atoms with Crippen molar-refractivity contribution in [2.75, 3.05) is 13.1 Å². The van der Waals surface area contributed by atoms with E-state index in [-0.39, 0.29) is 5.91 Å². The molecule has 0 saturated carbocycles. The molecule has 0 aliphatic carbocycles. The predicted molar refractivity (Wildman–Crippen MR) is 93.9 cm³/mol. The molecule has 0 spiro atoms. The number of thiazole rings is 1. The molecule has 0 N–H and O–H groups in total. The minimum absolute atomic E-state index is 0.0292. The molecule has 3 heterocycles. The molecule has 1 aromatic carbocycles. The number of piperidine rings is 1. The SMILES string of the molecule is O=C(c1ccc(Br)o1)N1CCC(c2nc3ccccc3s2)CC1. The third kappa shape index (κ3) is 2.93. The van der Waals surface area contributed by atoms with Crippen molar-refractivity contribution in [3.63, 3.8) is 0 Å². The second-order valence-electron chi connectivity index (χ2n) is 5.69. The van der Waals surface area contributed by atoms with Gasteiger partial charge in [-0.2, -0.15) is 0 Å². The van der Waals surface area contributed by atoms with Gasteiger partial charge >= 0.3 is 0 Å². The van der Waals surface area contributed by atoms with Crippen molar-refractivity contribution in [3.8, 4) is 0 Å². The number of hydrogen-bond donors (Lipinski definition) is 0. The number of benzene rings is 1. The molecule has 118 valence electrons. The molecule has 1 saturated heterocycles. The standard InChI is InChI=1S/C17H15BrN2O2S/c18-15-6-5-13(22-15)17(21)20-9-7-11(8-10-20)16-19-12-3-1-2-4-14(12)23-16/h1-6,11H,7-10H2. The summed E-state index contributed by atoms with van der Waals surface area (Å²) in [6.45, 7) is 1.50. The van der Waals surface area contributed by atoms with Crippen molar-refractivity contribution in [3.05, 3.63) is 51.8 Å². The van der Waals surface area contributed by atoms with Gasteiger partial charge in [0, 0.05) is 19.0 Å². The highest BCUT2D eigenvalue weighted by atomic mass is 79.9. The van der Waals surface area contributed by atoms with E-state index in [1.807, 2.05) is 17.0 Å². The molecule has 0 atom stereocenters. The number of carbonyl (C=O) groups excluding carboxylic acids is 1. The minimum atomic E-state index is -0.0292. The highest BCUT2D eigenvalue weighted by Gasteiger charge is 2.27. The number of nitrogens with zero attached hydrogens (tertiary/aromatic N) is 2. The van der Waals surface area contributed by atoms with Gasteiger partial charge in [-0.25, -0.2) is 4.98 Å². The van der Waals surface area contributed by atoms with E-state index < -0.39 is 0 Å². The van der Waals surface area contributed by atoms with Crippen molar-refractivity contribution in [1.29, 1.82) is 0 Å². The number of hydrogen-bond acceptors (Lipinski definition) is 4. The van der Waals surface area contributed by atoms with Gasteiger partial charge < -0.3 is 9.32 Å². The first-order valence-electron chi connectivity index (χ1n) is 7.61. The highest BCUT2D eigenvalue weighted by molar-refractivity contribution is 9.10. The normalized spacial score (nSPS) is 16.1. The molecule has 3 aromatic rings. The summed E-state index contributed by atoms with van der Waals surface area (Å²) in [7, 11) is 0. The molecule has 1 aliphatic heterocycles. The lowest BCUT2D eigenvalue weighted by molar-refractivity contribution is 0.0679. The summed E-state index contributed by atoms with van der Waals surface area (Å²) in [5.74, 6) is 0.813. The number of fused-ring (bicyclic) bond motifs is 1. The molecular weight excluding hydrogens is 376 g/mol. The molecule has 1 fully saturated rings. The van der Waals surface area contributed by atoms with Crippen molar-refractivity contribution >= 4 is 43.4 Å². The van der Waals surface area contributed by atoms with Crippen LogP contribution in [-0.4, -0.2) is 28.9 Å². The topological polar surface area (TPSA) is 46.3 Å². The second kappa shape index (κ2) is 6.09. The summed E-state index contributed by atoms with van der Waals surface area (Å²) in [4.78, 5) is 19.0. The fourth-order valence-corrected chi connectivity index (χ4v) is 4.42. The number of furan rings is 1. The van der Waals surface area contributed by atoms with Crippen LogP contribution in [0.2, 0.25) is 0 Å². The fourth-order valence-electron chi connectivity index (χ4n) is 2.98. The van der Waals surface area contributed by atoms with Gasteiger partial charge in [-0.3, -0.25) is 4.79 Å². The molecular formula is C17H15BrN2O2S. The zero-order valence-corrected chi connectivity index (χ0v) is 14.8. The van der Waals surface area contributed by atoms with Crippen molar-refractivity contribution < 1.29 is 9.21 Å². The number of rotatable bonds is 2. The van der Waals surface area contributed by atoms with E-state index in [4.69, 9.17) is 9.40 Å². The van der Waals surface area contributed by atoms with Gasteiger partial charge in [0.25, 0.3) is 5.91 Å².